The van der Waals surface area contributed by atoms with Crippen LogP contribution in [0.3, 0.4) is 0 Å². The SMILES string of the molecule is S=c1[nH]c(=S)c2cc(Br)ccc2o1. The van der Waals surface area contributed by atoms with Gasteiger partial charge in [0, 0.05) is 4.47 Å². The fraction of sp³-hybridized carbons (Fsp3) is 0. The van der Waals surface area contributed by atoms with E-state index in [1.165, 1.54) is 0 Å². The third-order valence-electron chi connectivity index (χ3n) is 1.60. The normalized spacial score (nSPS) is 10.5. The van der Waals surface area contributed by atoms with Gasteiger partial charge in [-0.05, 0) is 30.4 Å². The second kappa shape index (κ2) is 3.32. The van der Waals surface area contributed by atoms with Crippen LogP contribution >= 0.6 is 40.4 Å². The minimum atomic E-state index is 0.305. The Hall–Kier alpha value is -0.520. The van der Waals surface area contributed by atoms with Gasteiger partial charge < -0.3 is 9.40 Å². The van der Waals surface area contributed by atoms with Gasteiger partial charge in [-0.15, -0.1) is 0 Å². The fourth-order valence-electron chi connectivity index (χ4n) is 1.05. The highest BCUT2D eigenvalue weighted by molar-refractivity contribution is 9.10. The summed E-state index contributed by atoms with van der Waals surface area (Å²) >= 11 is 13.3. The van der Waals surface area contributed by atoms with E-state index >= 15 is 0 Å². The number of fused-ring (bicyclic) bond motifs is 1. The largest absolute Gasteiger partial charge is 0.431 e. The Kier molecular flexibility index (Phi) is 2.31. The first-order valence-corrected chi connectivity index (χ1v) is 5.10. The van der Waals surface area contributed by atoms with E-state index in [4.69, 9.17) is 28.9 Å². The lowest BCUT2D eigenvalue weighted by atomic mass is 10.3. The van der Waals surface area contributed by atoms with Crippen LogP contribution in [0.15, 0.2) is 27.1 Å². The summed E-state index contributed by atoms with van der Waals surface area (Å²) in [5.41, 5.74) is 0.706. The number of aromatic amines is 1. The summed E-state index contributed by atoms with van der Waals surface area (Å²) in [5, 5.41) is 0.859. The average Bonchev–Trinajstić information content (AvgIpc) is 2.06. The highest BCUT2D eigenvalue weighted by atomic mass is 79.9. The van der Waals surface area contributed by atoms with Crippen molar-refractivity contribution in [1.29, 1.82) is 0 Å². The van der Waals surface area contributed by atoms with Gasteiger partial charge in [0.25, 0.3) is 4.84 Å². The minimum absolute atomic E-state index is 0.305. The molecule has 1 heterocycles. The van der Waals surface area contributed by atoms with Gasteiger partial charge in [-0.25, -0.2) is 0 Å². The maximum Gasteiger partial charge on any atom is 0.267 e. The molecule has 13 heavy (non-hydrogen) atoms. The third-order valence-corrected chi connectivity index (χ3v) is 2.61. The summed E-state index contributed by atoms with van der Waals surface area (Å²) < 4.78 is 6.84. The zero-order chi connectivity index (χ0) is 9.42. The predicted molar refractivity (Wildman–Crippen MR) is 59.9 cm³/mol. The lowest BCUT2D eigenvalue weighted by Crippen LogP contribution is -1.79. The minimum Gasteiger partial charge on any atom is -0.431 e. The van der Waals surface area contributed by atoms with Crippen molar-refractivity contribution < 1.29 is 4.42 Å². The monoisotopic (exact) mass is 273 g/mol. The molecule has 0 spiro atoms. The van der Waals surface area contributed by atoms with Gasteiger partial charge >= 0.3 is 0 Å². The number of hydrogen-bond acceptors (Lipinski definition) is 3. The molecule has 0 aliphatic carbocycles. The van der Waals surface area contributed by atoms with Crippen molar-refractivity contribution in [2.75, 3.05) is 0 Å². The van der Waals surface area contributed by atoms with Crippen molar-refractivity contribution in [2.45, 2.75) is 0 Å². The Morgan fingerprint density at radius 2 is 2.08 bits per heavy atom. The second-order valence-corrected chi connectivity index (χ2v) is 4.18. The van der Waals surface area contributed by atoms with Gasteiger partial charge in [-0.3, -0.25) is 0 Å². The van der Waals surface area contributed by atoms with Crippen LogP contribution in [0.5, 0.6) is 0 Å². The van der Waals surface area contributed by atoms with Crippen LogP contribution in [-0.2, 0) is 0 Å². The molecule has 2 rings (SSSR count). The predicted octanol–water partition coefficient (Wildman–Crippen LogP) is 3.98. The molecule has 2 nitrogen and oxygen atoms in total. The van der Waals surface area contributed by atoms with Crippen LogP contribution in [-0.4, -0.2) is 4.98 Å². The number of H-pyrrole nitrogens is 1. The zero-order valence-corrected chi connectivity index (χ0v) is 9.55. The van der Waals surface area contributed by atoms with Crippen molar-refractivity contribution in [3.8, 4) is 0 Å². The topological polar surface area (TPSA) is 28.9 Å². The summed E-state index contributed by atoms with van der Waals surface area (Å²) in [6.07, 6.45) is 0. The smallest absolute Gasteiger partial charge is 0.267 e. The molecule has 5 heteroatoms. The van der Waals surface area contributed by atoms with Gasteiger partial charge in [0.05, 0.1) is 5.39 Å². The van der Waals surface area contributed by atoms with E-state index in [-0.39, 0.29) is 0 Å². The first-order chi connectivity index (χ1) is 6.16. The quantitative estimate of drug-likeness (QED) is 0.736. The molecule has 66 valence electrons. The molecule has 0 atom stereocenters. The first kappa shape index (κ1) is 9.05. The lowest BCUT2D eigenvalue weighted by molar-refractivity contribution is 0.559. The molecule has 2 aromatic rings. The van der Waals surface area contributed by atoms with Crippen molar-refractivity contribution >= 4 is 51.3 Å². The third kappa shape index (κ3) is 1.72. The Morgan fingerprint density at radius 1 is 1.31 bits per heavy atom. The van der Waals surface area contributed by atoms with Crippen molar-refractivity contribution in [3.63, 3.8) is 0 Å². The van der Waals surface area contributed by atoms with Crippen LogP contribution in [0.1, 0.15) is 0 Å². The van der Waals surface area contributed by atoms with E-state index in [0.717, 1.165) is 9.86 Å². The molecule has 1 N–H and O–H groups in total. The second-order valence-electron chi connectivity index (χ2n) is 2.48. The number of hydrogen-bond donors (Lipinski definition) is 1. The van der Waals surface area contributed by atoms with E-state index in [1.54, 1.807) is 0 Å². The van der Waals surface area contributed by atoms with Crippen LogP contribution in [0.4, 0.5) is 0 Å². The standard InChI is InChI=1S/C8H4BrNOS2/c9-4-1-2-6-5(3-4)7(12)10-8(13)11-6/h1-3H,(H,10,12,13). The summed E-state index contributed by atoms with van der Waals surface area (Å²) in [6, 6.07) is 5.61. The van der Waals surface area contributed by atoms with E-state index in [1.807, 2.05) is 18.2 Å². The van der Waals surface area contributed by atoms with E-state index in [0.29, 0.717) is 15.1 Å². The molecule has 0 amide bonds. The van der Waals surface area contributed by atoms with Crippen LogP contribution < -0.4 is 0 Å². The maximum absolute atomic E-state index is 5.27. The molecule has 1 aromatic carbocycles. The summed E-state index contributed by atoms with van der Waals surface area (Å²) in [4.78, 5) is 3.09. The molecule has 0 aliphatic rings. The molecule has 0 saturated heterocycles. The van der Waals surface area contributed by atoms with Crippen LogP contribution in [0.25, 0.3) is 11.0 Å². The first-order valence-electron chi connectivity index (χ1n) is 3.49. The van der Waals surface area contributed by atoms with E-state index in [2.05, 4.69) is 20.9 Å². The van der Waals surface area contributed by atoms with Gasteiger partial charge in [-0.2, -0.15) is 0 Å². The van der Waals surface area contributed by atoms with Gasteiger partial charge in [0.1, 0.15) is 10.2 Å². The summed E-state index contributed by atoms with van der Waals surface area (Å²) in [6.45, 7) is 0. The Balaban J connectivity index is 3.04. The molecular weight excluding hydrogens is 270 g/mol. The highest BCUT2D eigenvalue weighted by Crippen LogP contribution is 2.19. The Morgan fingerprint density at radius 3 is 2.85 bits per heavy atom. The van der Waals surface area contributed by atoms with Crippen molar-refractivity contribution in [3.05, 3.63) is 32.1 Å². The number of benzene rings is 1. The molecule has 0 fully saturated rings. The van der Waals surface area contributed by atoms with Crippen molar-refractivity contribution in [2.24, 2.45) is 0 Å². The summed E-state index contributed by atoms with van der Waals surface area (Å²) in [7, 11) is 0. The lowest BCUT2D eigenvalue weighted by Gasteiger charge is -1.96. The average molecular weight is 274 g/mol. The van der Waals surface area contributed by atoms with Crippen LogP contribution in [0.2, 0.25) is 0 Å². The molecule has 0 radical (unpaired) electrons. The van der Waals surface area contributed by atoms with E-state index in [9.17, 15) is 0 Å². The molecular formula is C8H4BrNOS2. The molecule has 0 unspecified atom stereocenters. The molecule has 0 bridgehead atoms. The zero-order valence-electron chi connectivity index (χ0n) is 6.33. The van der Waals surface area contributed by atoms with Gasteiger partial charge in [0.2, 0.25) is 0 Å². The van der Waals surface area contributed by atoms with Gasteiger partial charge in [-0.1, -0.05) is 28.1 Å². The number of aromatic nitrogens is 1. The highest BCUT2D eigenvalue weighted by Gasteiger charge is 1.98. The van der Waals surface area contributed by atoms with Gasteiger partial charge in [0.15, 0.2) is 0 Å². The van der Waals surface area contributed by atoms with E-state index < -0.39 is 0 Å². The van der Waals surface area contributed by atoms with Crippen molar-refractivity contribution in [1.82, 2.24) is 4.98 Å². The molecule has 0 saturated carbocycles. The number of nitrogens with one attached hydrogen (secondary N) is 1. The summed E-state index contributed by atoms with van der Waals surface area (Å²) in [5.74, 6) is 0. The van der Waals surface area contributed by atoms with Crippen LogP contribution in [0, 0.1) is 9.48 Å². The molecule has 1 aromatic heterocycles. The Bertz CT molecular complexity index is 572. The molecule has 0 aliphatic heterocycles. The number of rotatable bonds is 0. The Labute approximate surface area is 92.7 Å². The maximum atomic E-state index is 5.27. The fourth-order valence-corrected chi connectivity index (χ4v) is 1.92. The number of halogens is 1.